The van der Waals surface area contributed by atoms with Crippen LogP contribution in [0.2, 0.25) is 0 Å². The van der Waals surface area contributed by atoms with Crippen molar-refractivity contribution >= 4 is 60.2 Å². The number of hydrogen-bond donors (Lipinski definition) is 0. The van der Waals surface area contributed by atoms with Crippen LogP contribution in [0.5, 0.6) is 0 Å². The standard InChI is InChI=1S/C56H36N2/c1-3-17-38(18-4-1)56-55-50-34-40(30-32-51(50)58(52(55)35-57-56)41-21-5-2-6-22-41)39-29-31-48-49(33-39)54(45-28-14-20-37-16-8-10-24-43(37)45)47-26-12-11-25-46(47)53(48)44-27-13-19-36-15-7-9-23-42(36)44/h1-35,56H. The maximum atomic E-state index is 5.13. The van der Waals surface area contributed by atoms with Gasteiger partial charge < -0.3 is 4.57 Å². The number of para-hydroxylation sites is 1. The van der Waals surface area contributed by atoms with Crippen molar-refractivity contribution in [3.05, 3.63) is 223 Å². The van der Waals surface area contributed by atoms with Crippen molar-refractivity contribution in [1.82, 2.24) is 4.57 Å². The van der Waals surface area contributed by atoms with Crippen molar-refractivity contribution in [2.24, 2.45) is 4.99 Å². The molecule has 2 nitrogen and oxygen atoms in total. The molecule has 58 heavy (non-hydrogen) atoms. The van der Waals surface area contributed by atoms with Gasteiger partial charge in [0.25, 0.3) is 0 Å². The lowest BCUT2D eigenvalue weighted by Gasteiger charge is -2.20. The fraction of sp³-hybridized carbons (Fsp3) is 0.0179. The van der Waals surface area contributed by atoms with Crippen LogP contribution in [0.4, 0.5) is 0 Å². The lowest BCUT2D eigenvalue weighted by atomic mass is 9.83. The number of fused-ring (bicyclic) bond motifs is 7. The second-order valence-electron chi connectivity index (χ2n) is 15.4. The maximum Gasteiger partial charge on any atom is 0.103 e. The van der Waals surface area contributed by atoms with Crippen molar-refractivity contribution in [3.63, 3.8) is 0 Å². The molecule has 0 spiro atoms. The second-order valence-corrected chi connectivity index (χ2v) is 15.4. The van der Waals surface area contributed by atoms with Crippen LogP contribution in [0.3, 0.4) is 0 Å². The molecule has 1 atom stereocenters. The summed E-state index contributed by atoms with van der Waals surface area (Å²) in [4.78, 5) is 5.13. The minimum absolute atomic E-state index is 0.0666. The molecule has 0 saturated heterocycles. The van der Waals surface area contributed by atoms with Crippen LogP contribution in [0.25, 0.3) is 93.1 Å². The van der Waals surface area contributed by atoms with Crippen LogP contribution < -0.4 is 0 Å². The van der Waals surface area contributed by atoms with E-state index >= 15 is 0 Å². The zero-order valence-corrected chi connectivity index (χ0v) is 31.7. The molecule has 1 aliphatic heterocycles. The first kappa shape index (κ1) is 32.7. The molecule has 0 bridgehead atoms. The number of aromatic nitrogens is 1. The van der Waals surface area contributed by atoms with Gasteiger partial charge in [-0.25, -0.2) is 0 Å². The van der Waals surface area contributed by atoms with Crippen molar-refractivity contribution in [3.8, 4) is 39.1 Å². The number of hydrogen-bond acceptors (Lipinski definition) is 1. The fourth-order valence-electron chi connectivity index (χ4n) is 9.72. The van der Waals surface area contributed by atoms with E-state index in [1.807, 2.05) is 0 Å². The lowest BCUT2D eigenvalue weighted by Crippen LogP contribution is -1.98. The Bertz CT molecular complexity index is 3440. The van der Waals surface area contributed by atoms with Gasteiger partial charge in [-0.15, -0.1) is 0 Å². The summed E-state index contributed by atoms with van der Waals surface area (Å²) in [6, 6.07) is 75.5. The molecule has 0 N–H and O–H groups in total. The molecule has 1 unspecified atom stereocenters. The zero-order valence-electron chi connectivity index (χ0n) is 31.7. The van der Waals surface area contributed by atoms with Gasteiger partial charge in [-0.1, -0.05) is 176 Å². The summed E-state index contributed by atoms with van der Waals surface area (Å²) in [5.74, 6) is 0. The Morgan fingerprint density at radius 3 is 1.53 bits per heavy atom. The summed E-state index contributed by atoms with van der Waals surface area (Å²) in [7, 11) is 0. The molecular formula is C56H36N2. The Labute approximate surface area is 336 Å². The van der Waals surface area contributed by atoms with Crippen LogP contribution in [0.15, 0.2) is 211 Å². The van der Waals surface area contributed by atoms with Gasteiger partial charge in [0.05, 0.1) is 11.2 Å². The van der Waals surface area contributed by atoms with Crippen molar-refractivity contribution in [2.75, 3.05) is 0 Å². The number of nitrogens with zero attached hydrogens (tertiary/aromatic N) is 2. The fourth-order valence-corrected chi connectivity index (χ4v) is 9.72. The topological polar surface area (TPSA) is 17.3 Å². The average Bonchev–Trinajstić information content (AvgIpc) is 3.87. The monoisotopic (exact) mass is 736 g/mol. The highest BCUT2D eigenvalue weighted by atomic mass is 15.0. The molecule has 0 aliphatic carbocycles. The van der Waals surface area contributed by atoms with E-state index in [1.54, 1.807) is 0 Å². The molecule has 10 aromatic carbocycles. The van der Waals surface area contributed by atoms with Gasteiger partial charge in [0, 0.05) is 22.9 Å². The third-order valence-corrected chi connectivity index (χ3v) is 12.3. The van der Waals surface area contributed by atoms with E-state index in [2.05, 4.69) is 217 Å². The minimum atomic E-state index is -0.0666. The van der Waals surface area contributed by atoms with Crippen LogP contribution >= 0.6 is 0 Å². The summed E-state index contributed by atoms with van der Waals surface area (Å²) in [5.41, 5.74) is 13.3. The summed E-state index contributed by atoms with van der Waals surface area (Å²) < 4.78 is 2.38. The Morgan fingerprint density at radius 1 is 0.379 bits per heavy atom. The quantitative estimate of drug-likeness (QED) is 0.157. The molecule has 0 fully saturated rings. The molecule has 2 heteroatoms. The number of benzene rings is 10. The van der Waals surface area contributed by atoms with Gasteiger partial charge in [-0.2, -0.15) is 0 Å². The summed E-state index contributed by atoms with van der Waals surface area (Å²) in [5, 5.41) is 11.2. The molecule has 12 rings (SSSR count). The van der Waals surface area contributed by atoms with E-state index in [-0.39, 0.29) is 6.04 Å². The van der Waals surface area contributed by atoms with E-state index < -0.39 is 0 Å². The predicted octanol–water partition coefficient (Wildman–Crippen LogP) is 14.8. The van der Waals surface area contributed by atoms with Crippen molar-refractivity contribution in [1.29, 1.82) is 0 Å². The van der Waals surface area contributed by atoms with Crippen molar-refractivity contribution in [2.45, 2.75) is 6.04 Å². The van der Waals surface area contributed by atoms with Crippen LogP contribution in [0.1, 0.15) is 22.9 Å². The molecule has 2 heterocycles. The van der Waals surface area contributed by atoms with Crippen LogP contribution in [-0.2, 0) is 0 Å². The predicted molar refractivity (Wildman–Crippen MR) is 245 cm³/mol. The first-order valence-electron chi connectivity index (χ1n) is 20.1. The highest BCUT2D eigenvalue weighted by Gasteiger charge is 2.29. The molecule has 270 valence electrons. The van der Waals surface area contributed by atoms with E-state index in [4.69, 9.17) is 4.99 Å². The lowest BCUT2D eigenvalue weighted by molar-refractivity contribution is 0.906. The van der Waals surface area contributed by atoms with Gasteiger partial charge in [-0.3, -0.25) is 4.99 Å². The van der Waals surface area contributed by atoms with E-state index in [1.165, 1.54) is 98.5 Å². The minimum Gasteiger partial charge on any atom is -0.308 e. The molecule has 11 aromatic rings. The molecule has 0 radical (unpaired) electrons. The molecular weight excluding hydrogens is 701 g/mol. The largest absolute Gasteiger partial charge is 0.308 e. The van der Waals surface area contributed by atoms with Gasteiger partial charge in [0.2, 0.25) is 0 Å². The number of rotatable bonds is 5. The Balaban J connectivity index is 1.16. The van der Waals surface area contributed by atoms with Gasteiger partial charge in [0.1, 0.15) is 6.04 Å². The van der Waals surface area contributed by atoms with Gasteiger partial charge in [-0.05, 0) is 112 Å². The van der Waals surface area contributed by atoms with E-state index in [0.717, 1.165) is 11.4 Å². The smallest absolute Gasteiger partial charge is 0.103 e. The maximum absolute atomic E-state index is 5.13. The third-order valence-electron chi connectivity index (χ3n) is 12.3. The third kappa shape index (κ3) is 4.95. The molecule has 0 saturated carbocycles. The Kier molecular flexibility index (Phi) is 7.33. The van der Waals surface area contributed by atoms with E-state index in [0.29, 0.717) is 0 Å². The van der Waals surface area contributed by atoms with E-state index in [9.17, 15) is 0 Å². The average molecular weight is 737 g/mol. The van der Waals surface area contributed by atoms with Crippen LogP contribution in [-0.4, -0.2) is 10.8 Å². The van der Waals surface area contributed by atoms with Crippen LogP contribution in [0, 0.1) is 0 Å². The van der Waals surface area contributed by atoms with Gasteiger partial charge >= 0.3 is 0 Å². The van der Waals surface area contributed by atoms with Gasteiger partial charge in [0.15, 0.2) is 0 Å². The highest BCUT2D eigenvalue weighted by molar-refractivity contribution is 6.25. The Morgan fingerprint density at radius 2 is 0.879 bits per heavy atom. The summed E-state index contributed by atoms with van der Waals surface area (Å²) >= 11 is 0. The first-order valence-corrected chi connectivity index (χ1v) is 20.1. The highest BCUT2D eigenvalue weighted by Crippen LogP contribution is 2.48. The second kappa shape index (κ2) is 13.0. The zero-order chi connectivity index (χ0) is 38.2. The summed E-state index contributed by atoms with van der Waals surface area (Å²) in [6.07, 6.45) is 2.08. The number of aliphatic imine (C=N–C) groups is 1. The normalized spacial score (nSPS) is 13.6. The molecule has 1 aliphatic rings. The molecule has 0 amide bonds. The first-order chi connectivity index (χ1) is 28.8. The SMILES string of the molecule is C1=NC(c2ccccc2)c2c1n(-c1ccccc1)c1ccc(-c3ccc4c(-c5cccc6ccccc56)c5ccccc5c(-c5cccc6ccccc56)c4c3)cc21. The van der Waals surface area contributed by atoms with Crippen molar-refractivity contribution < 1.29 is 0 Å². The molecule has 1 aromatic heterocycles. The summed E-state index contributed by atoms with van der Waals surface area (Å²) in [6.45, 7) is 0. The Hall–Kier alpha value is -7.55.